The molecule has 0 aliphatic heterocycles. The van der Waals surface area contributed by atoms with Gasteiger partial charge in [-0.05, 0) is 61.7 Å². The van der Waals surface area contributed by atoms with Gasteiger partial charge in [0.2, 0.25) is 11.8 Å². The van der Waals surface area contributed by atoms with Crippen LogP contribution in [0.15, 0.2) is 83.8 Å². The summed E-state index contributed by atoms with van der Waals surface area (Å²) in [6.07, 6.45) is 0.870. The molecule has 0 spiro atoms. The lowest BCUT2D eigenvalue weighted by Gasteiger charge is -2.33. The van der Waals surface area contributed by atoms with E-state index in [2.05, 4.69) is 5.32 Å². The number of hydrogen-bond donors (Lipinski definition) is 1. The first kappa shape index (κ1) is 30.5. The molecule has 3 rings (SSSR count). The van der Waals surface area contributed by atoms with Crippen molar-refractivity contribution in [3.05, 3.63) is 84.4 Å². The number of amides is 2. The Morgan fingerprint density at radius 3 is 2.12 bits per heavy atom. The molecule has 3 aromatic rings. The highest BCUT2D eigenvalue weighted by Gasteiger charge is 2.34. The summed E-state index contributed by atoms with van der Waals surface area (Å²) in [7, 11) is -1.29. The lowest BCUT2D eigenvalue weighted by atomic mass is 10.1. The van der Waals surface area contributed by atoms with Crippen molar-refractivity contribution in [2.24, 2.45) is 0 Å². The number of nitrogens with one attached hydrogen (secondary N) is 1. The van der Waals surface area contributed by atoms with Crippen LogP contribution in [0.4, 0.5) is 5.69 Å². The number of sulfonamides is 1. The van der Waals surface area contributed by atoms with Crippen LogP contribution in [-0.2, 0) is 26.0 Å². The Hall–Kier alpha value is -4.05. The molecule has 1 N–H and O–H groups in total. The van der Waals surface area contributed by atoms with Gasteiger partial charge in [0.1, 0.15) is 24.1 Å². The van der Waals surface area contributed by atoms with Gasteiger partial charge in [0.15, 0.2) is 0 Å². The monoisotopic (exact) mass is 567 g/mol. The van der Waals surface area contributed by atoms with E-state index >= 15 is 0 Å². The Morgan fingerprint density at radius 1 is 0.875 bits per heavy atom. The number of benzene rings is 3. The Labute approximate surface area is 236 Å². The van der Waals surface area contributed by atoms with E-state index in [0.29, 0.717) is 30.9 Å². The zero-order valence-corrected chi connectivity index (χ0v) is 24.2. The molecule has 0 fully saturated rings. The molecule has 0 bridgehead atoms. The summed E-state index contributed by atoms with van der Waals surface area (Å²) < 4.78 is 39.7. The molecular weight excluding hydrogens is 530 g/mol. The van der Waals surface area contributed by atoms with Crippen molar-refractivity contribution in [1.82, 2.24) is 10.2 Å². The van der Waals surface area contributed by atoms with Crippen LogP contribution in [0, 0.1) is 0 Å². The molecule has 3 aromatic carbocycles. The standard InChI is InChI=1S/C30H37N3O6S/c1-5-26(30(35)31-6-2)32(21-20-23-12-8-7-9-13-23)29(34)22-33(27-14-10-11-15-28(27)39-4)40(36,37)25-18-16-24(38-3)17-19-25/h7-19,26H,5-6,20-22H2,1-4H3,(H,31,35)/t26-/m0/s1. The van der Waals surface area contributed by atoms with Crippen LogP contribution < -0.4 is 19.1 Å². The summed E-state index contributed by atoms with van der Waals surface area (Å²) in [5.74, 6) is 0.00274. The van der Waals surface area contributed by atoms with E-state index in [-0.39, 0.29) is 23.0 Å². The topological polar surface area (TPSA) is 105 Å². The Morgan fingerprint density at radius 2 is 1.52 bits per heavy atom. The molecule has 0 saturated carbocycles. The fraction of sp³-hybridized carbons (Fsp3) is 0.333. The fourth-order valence-corrected chi connectivity index (χ4v) is 5.84. The molecule has 0 unspecified atom stereocenters. The van der Waals surface area contributed by atoms with E-state index in [4.69, 9.17) is 9.47 Å². The summed E-state index contributed by atoms with van der Waals surface area (Å²) in [6, 6.07) is 21.4. The number of nitrogens with zero attached hydrogens (tertiary/aromatic N) is 2. The summed E-state index contributed by atoms with van der Waals surface area (Å²) in [5, 5.41) is 2.80. The molecule has 0 saturated heterocycles. The van der Waals surface area contributed by atoms with Crippen LogP contribution in [-0.4, -0.2) is 65.0 Å². The number of carbonyl (C=O) groups excluding carboxylic acids is 2. The first-order chi connectivity index (χ1) is 19.3. The predicted molar refractivity (Wildman–Crippen MR) is 155 cm³/mol. The van der Waals surface area contributed by atoms with Gasteiger partial charge in [0.05, 0.1) is 24.8 Å². The van der Waals surface area contributed by atoms with Gasteiger partial charge in [-0.15, -0.1) is 0 Å². The highest BCUT2D eigenvalue weighted by atomic mass is 32.2. The number of carbonyl (C=O) groups is 2. The van der Waals surface area contributed by atoms with Crippen LogP contribution in [0.1, 0.15) is 25.8 Å². The van der Waals surface area contributed by atoms with Crippen molar-refractivity contribution < 1.29 is 27.5 Å². The average molecular weight is 568 g/mol. The van der Waals surface area contributed by atoms with Crippen molar-refractivity contribution in [3.8, 4) is 11.5 Å². The second kappa shape index (κ2) is 14.4. The zero-order chi connectivity index (χ0) is 29.1. The maximum absolute atomic E-state index is 14.0. The second-order valence-electron chi connectivity index (χ2n) is 9.00. The van der Waals surface area contributed by atoms with E-state index < -0.39 is 28.5 Å². The van der Waals surface area contributed by atoms with Gasteiger partial charge in [0, 0.05) is 13.1 Å². The van der Waals surface area contributed by atoms with Crippen molar-refractivity contribution >= 4 is 27.5 Å². The van der Waals surface area contributed by atoms with Crippen LogP contribution >= 0.6 is 0 Å². The molecule has 1 atom stereocenters. The lowest BCUT2D eigenvalue weighted by Crippen LogP contribution is -2.53. The van der Waals surface area contributed by atoms with E-state index in [1.165, 1.54) is 31.3 Å². The second-order valence-corrected chi connectivity index (χ2v) is 10.9. The third-order valence-corrected chi connectivity index (χ3v) is 8.28. The molecule has 0 aromatic heterocycles. The van der Waals surface area contributed by atoms with Crippen LogP contribution in [0.25, 0.3) is 0 Å². The summed E-state index contributed by atoms with van der Waals surface area (Å²) in [4.78, 5) is 28.5. The van der Waals surface area contributed by atoms with Gasteiger partial charge in [-0.2, -0.15) is 0 Å². The van der Waals surface area contributed by atoms with E-state index in [1.54, 1.807) is 36.4 Å². The quantitative estimate of drug-likeness (QED) is 0.317. The Balaban J connectivity index is 2.04. The average Bonchev–Trinajstić information content (AvgIpc) is 2.98. The third-order valence-electron chi connectivity index (χ3n) is 6.50. The van der Waals surface area contributed by atoms with Crippen molar-refractivity contribution in [3.63, 3.8) is 0 Å². The largest absolute Gasteiger partial charge is 0.497 e. The van der Waals surface area contributed by atoms with Gasteiger partial charge in [-0.25, -0.2) is 8.42 Å². The highest BCUT2D eigenvalue weighted by Crippen LogP contribution is 2.33. The minimum atomic E-state index is -4.22. The summed E-state index contributed by atoms with van der Waals surface area (Å²) in [6.45, 7) is 3.76. The Kier molecular flexibility index (Phi) is 11.0. The van der Waals surface area contributed by atoms with Gasteiger partial charge in [-0.3, -0.25) is 13.9 Å². The van der Waals surface area contributed by atoms with Crippen molar-refractivity contribution in [2.75, 3.05) is 38.2 Å². The first-order valence-corrected chi connectivity index (χ1v) is 14.6. The number of ether oxygens (including phenoxy) is 2. The number of methoxy groups -OCH3 is 2. The highest BCUT2D eigenvalue weighted by molar-refractivity contribution is 7.92. The Bertz CT molecular complexity index is 1360. The van der Waals surface area contributed by atoms with Gasteiger partial charge >= 0.3 is 0 Å². The number of likely N-dealkylation sites (N-methyl/N-ethyl adjacent to an activating group) is 1. The zero-order valence-electron chi connectivity index (χ0n) is 23.4. The van der Waals surface area contributed by atoms with Crippen LogP contribution in [0.5, 0.6) is 11.5 Å². The molecule has 0 radical (unpaired) electrons. The smallest absolute Gasteiger partial charge is 0.264 e. The normalized spacial score (nSPS) is 11.8. The molecule has 214 valence electrons. The number of rotatable bonds is 14. The molecule has 0 aliphatic carbocycles. The molecule has 0 heterocycles. The maximum atomic E-state index is 14.0. The molecule has 9 nitrogen and oxygen atoms in total. The first-order valence-electron chi connectivity index (χ1n) is 13.2. The molecule has 0 aliphatic rings. The fourth-order valence-electron chi connectivity index (χ4n) is 4.41. The summed E-state index contributed by atoms with van der Waals surface area (Å²) in [5.41, 5.74) is 1.21. The molecule has 40 heavy (non-hydrogen) atoms. The van der Waals surface area contributed by atoms with Crippen molar-refractivity contribution in [2.45, 2.75) is 37.6 Å². The number of hydrogen-bond acceptors (Lipinski definition) is 6. The number of anilines is 1. The van der Waals surface area contributed by atoms with Gasteiger partial charge in [-0.1, -0.05) is 49.4 Å². The molecule has 2 amide bonds. The van der Waals surface area contributed by atoms with E-state index in [0.717, 1.165) is 9.87 Å². The van der Waals surface area contributed by atoms with Crippen LogP contribution in [0.3, 0.4) is 0 Å². The predicted octanol–water partition coefficient (Wildman–Crippen LogP) is 3.89. The van der Waals surface area contributed by atoms with Gasteiger partial charge < -0.3 is 19.7 Å². The summed E-state index contributed by atoms with van der Waals surface area (Å²) >= 11 is 0. The molecular formula is C30H37N3O6S. The van der Waals surface area contributed by atoms with E-state index in [1.807, 2.05) is 44.2 Å². The lowest BCUT2D eigenvalue weighted by molar-refractivity contribution is -0.139. The third kappa shape index (κ3) is 7.32. The van der Waals surface area contributed by atoms with E-state index in [9.17, 15) is 18.0 Å². The van der Waals surface area contributed by atoms with Crippen LogP contribution in [0.2, 0.25) is 0 Å². The minimum absolute atomic E-state index is 0.0152. The molecule has 10 heteroatoms. The SMILES string of the molecule is CCNC(=O)[C@H](CC)N(CCc1ccccc1)C(=O)CN(c1ccccc1OC)S(=O)(=O)c1ccc(OC)cc1. The minimum Gasteiger partial charge on any atom is -0.497 e. The van der Waals surface area contributed by atoms with Gasteiger partial charge in [0.25, 0.3) is 10.0 Å². The van der Waals surface area contributed by atoms with Crippen molar-refractivity contribution in [1.29, 1.82) is 0 Å². The number of para-hydroxylation sites is 2. The maximum Gasteiger partial charge on any atom is 0.264 e.